The fourth-order valence-electron chi connectivity index (χ4n) is 3.99. The van der Waals surface area contributed by atoms with Crippen LogP contribution in [0.3, 0.4) is 0 Å². The zero-order chi connectivity index (χ0) is 20.5. The predicted octanol–water partition coefficient (Wildman–Crippen LogP) is 3.51. The summed E-state index contributed by atoms with van der Waals surface area (Å²) in [5.74, 6) is 1.46. The summed E-state index contributed by atoms with van der Waals surface area (Å²) in [6.45, 7) is 10.7. The molecule has 1 aromatic heterocycles. The Bertz CT molecular complexity index is 621. The number of piperidine rings is 1. The molecule has 1 amide bonds. The molecular formula is C21H38IN5OS. The van der Waals surface area contributed by atoms with Gasteiger partial charge in [-0.3, -0.25) is 14.7 Å². The van der Waals surface area contributed by atoms with Crippen LogP contribution in [0, 0.1) is 5.92 Å². The summed E-state index contributed by atoms with van der Waals surface area (Å²) in [6, 6.07) is 4.82. The number of amides is 1. The van der Waals surface area contributed by atoms with Crippen LogP contribution < -0.4 is 5.32 Å². The van der Waals surface area contributed by atoms with Crippen molar-refractivity contribution in [1.82, 2.24) is 20.0 Å². The highest BCUT2D eigenvalue weighted by atomic mass is 127. The molecule has 1 aromatic rings. The molecule has 1 aliphatic heterocycles. The summed E-state index contributed by atoms with van der Waals surface area (Å²) in [5, 5.41) is 5.52. The fraction of sp³-hybridized carbons (Fsp3) is 0.714. The quantitative estimate of drug-likeness (QED) is 0.315. The van der Waals surface area contributed by atoms with E-state index in [1.165, 1.54) is 17.7 Å². The second kappa shape index (κ2) is 13.4. The Balaban J connectivity index is 0.00000420. The van der Waals surface area contributed by atoms with Crippen molar-refractivity contribution in [2.24, 2.45) is 10.9 Å². The molecule has 1 fully saturated rings. The monoisotopic (exact) mass is 535 g/mol. The van der Waals surface area contributed by atoms with Gasteiger partial charge in [-0.15, -0.1) is 35.3 Å². The van der Waals surface area contributed by atoms with Crippen LogP contribution in [0.15, 0.2) is 22.5 Å². The van der Waals surface area contributed by atoms with Crippen molar-refractivity contribution in [3.05, 3.63) is 22.4 Å². The molecule has 0 saturated carbocycles. The average molecular weight is 536 g/mol. The van der Waals surface area contributed by atoms with E-state index < -0.39 is 0 Å². The van der Waals surface area contributed by atoms with Crippen LogP contribution in [0.1, 0.15) is 44.5 Å². The van der Waals surface area contributed by atoms with Crippen LogP contribution in [-0.2, 0) is 4.79 Å². The highest BCUT2D eigenvalue weighted by Crippen LogP contribution is 2.37. The first kappa shape index (κ1) is 26.2. The van der Waals surface area contributed by atoms with Crippen molar-refractivity contribution >= 4 is 47.2 Å². The second-order valence-electron chi connectivity index (χ2n) is 7.46. The lowest BCUT2D eigenvalue weighted by atomic mass is 9.88. The van der Waals surface area contributed by atoms with Gasteiger partial charge in [0.2, 0.25) is 5.91 Å². The third kappa shape index (κ3) is 7.40. The van der Waals surface area contributed by atoms with Crippen LogP contribution in [0.5, 0.6) is 0 Å². The van der Waals surface area contributed by atoms with Crippen molar-refractivity contribution in [3.63, 3.8) is 0 Å². The van der Waals surface area contributed by atoms with Crippen LogP contribution in [0.25, 0.3) is 0 Å². The molecule has 1 saturated heterocycles. The van der Waals surface area contributed by atoms with Gasteiger partial charge in [-0.25, -0.2) is 0 Å². The summed E-state index contributed by atoms with van der Waals surface area (Å²) in [4.78, 5) is 25.1. The van der Waals surface area contributed by atoms with Crippen LogP contribution in [-0.4, -0.2) is 79.9 Å². The standard InChI is InChI=1S/C21H37N5OS.HI/c1-6-22-21(25(5)16-19(27)26(7-2)8-3)23-15-17-11-9-13-24(4)20(17)18-12-10-14-28-18;/h10,12,14,17,20H,6-9,11,13,15-16H2,1-5H3,(H,22,23);1H. The number of thiophene rings is 1. The van der Waals surface area contributed by atoms with Crippen molar-refractivity contribution in [2.45, 2.75) is 39.7 Å². The molecule has 2 atom stereocenters. The van der Waals surface area contributed by atoms with Crippen LogP contribution in [0.4, 0.5) is 0 Å². The summed E-state index contributed by atoms with van der Waals surface area (Å²) in [6.07, 6.45) is 2.41. The van der Waals surface area contributed by atoms with E-state index >= 15 is 0 Å². The predicted molar refractivity (Wildman–Crippen MR) is 134 cm³/mol. The Hall–Kier alpha value is -0.870. The molecular weight excluding hydrogens is 497 g/mol. The number of aliphatic imine (C=N–C) groups is 1. The van der Waals surface area contributed by atoms with E-state index in [2.05, 4.69) is 41.7 Å². The van der Waals surface area contributed by atoms with Crippen molar-refractivity contribution in [1.29, 1.82) is 0 Å². The Labute approximate surface area is 197 Å². The van der Waals surface area contributed by atoms with Crippen molar-refractivity contribution < 1.29 is 4.79 Å². The summed E-state index contributed by atoms with van der Waals surface area (Å²) < 4.78 is 0. The molecule has 2 heterocycles. The smallest absolute Gasteiger partial charge is 0.242 e. The number of likely N-dealkylation sites (tertiary alicyclic amines) is 1. The molecule has 0 bridgehead atoms. The SMILES string of the molecule is CCNC(=NCC1CCCN(C)C1c1cccs1)N(C)CC(=O)N(CC)CC.I. The second-order valence-corrected chi connectivity index (χ2v) is 8.44. The number of guanidine groups is 1. The molecule has 29 heavy (non-hydrogen) atoms. The van der Waals surface area contributed by atoms with Gasteiger partial charge in [0.05, 0.1) is 6.54 Å². The van der Waals surface area contributed by atoms with Gasteiger partial charge in [0.25, 0.3) is 0 Å². The number of nitrogens with zero attached hydrogens (tertiary/aromatic N) is 4. The molecule has 1 N–H and O–H groups in total. The first-order chi connectivity index (χ1) is 13.5. The largest absolute Gasteiger partial charge is 0.357 e. The normalized spacial score (nSPS) is 20.1. The topological polar surface area (TPSA) is 51.2 Å². The van der Waals surface area contributed by atoms with Gasteiger partial charge in [0.1, 0.15) is 0 Å². The third-order valence-electron chi connectivity index (χ3n) is 5.50. The average Bonchev–Trinajstić information content (AvgIpc) is 3.20. The van der Waals surface area contributed by atoms with Crippen molar-refractivity contribution in [3.8, 4) is 0 Å². The number of carbonyl (C=O) groups excluding carboxylic acids is 1. The lowest BCUT2D eigenvalue weighted by Gasteiger charge is -2.38. The van der Waals surface area contributed by atoms with E-state index in [0.717, 1.165) is 38.7 Å². The number of rotatable bonds is 8. The van der Waals surface area contributed by atoms with Crippen molar-refractivity contribution in [2.75, 3.05) is 53.4 Å². The first-order valence-corrected chi connectivity index (χ1v) is 11.4. The van der Waals surface area contributed by atoms with Gasteiger partial charge in [0.15, 0.2) is 5.96 Å². The maximum Gasteiger partial charge on any atom is 0.242 e. The Kier molecular flexibility index (Phi) is 12.1. The Morgan fingerprint density at radius 2 is 2.07 bits per heavy atom. The molecule has 0 aromatic carbocycles. The molecule has 0 aliphatic carbocycles. The fourth-order valence-corrected chi connectivity index (χ4v) is 4.97. The van der Waals surface area contributed by atoms with Gasteiger partial charge in [-0.2, -0.15) is 0 Å². The molecule has 0 spiro atoms. The zero-order valence-electron chi connectivity index (χ0n) is 18.6. The Morgan fingerprint density at radius 1 is 1.34 bits per heavy atom. The maximum atomic E-state index is 12.5. The number of hydrogen-bond donors (Lipinski definition) is 1. The van der Waals surface area contributed by atoms with Gasteiger partial charge >= 0.3 is 0 Å². The van der Waals surface area contributed by atoms with Crippen LogP contribution >= 0.6 is 35.3 Å². The third-order valence-corrected chi connectivity index (χ3v) is 6.45. The molecule has 0 radical (unpaired) electrons. The van der Waals surface area contributed by atoms with Gasteiger partial charge in [-0.05, 0) is 64.6 Å². The summed E-state index contributed by atoms with van der Waals surface area (Å²) in [5.41, 5.74) is 0. The Morgan fingerprint density at radius 3 is 2.66 bits per heavy atom. The summed E-state index contributed by atoms with van der Waals surface area (Å²) in [7, 11) is 4.17. The van der Waals surface area contributed by atoms with Gasteiger partial charge in [0, 0.05) is 44.1 Å². The minimum Gasteiger partial charge on any atom is -0.357 e. The lowest BCUT2D eigenvalue weighted by molar-refractivity contribution is -0.131. The molecule has 166 valence electrons. The molecule has 2 rings (SSSR count). The van der Waals surface area contributed by atoms with E-state index in [1.807, 2.05) is 42.0 Å². The minimum absolute atomic E-state index is 0. The molecule has 8 heteroatoms. The highest BCUT2D eigenvalue weighted by Gasteiger charge is 2.31. The number of halogens is 1. The number of hydrogen-bond acceptors (Lipinski definition) is 4. The summed E-state index contributed by atoms with van der Waals surface area (Å²) >= 11 is 1.84. The molecule has 2 unspecified atom stereocenters. The maximum absolute atomic E-state index is 12.5. The van der Waals surface area contributed by atoms with Crippen LogP contribution in [0.2, 0.25) is 0 Å². The first-order valence-electron chi connectivity index (χ1n) is 10.5. The van der Waals surface area contributed by atoms with E-state index in [0.29, 0.717) is 18.5 Å². The number of likely N-dealkylation sites (N-methyl/N-ethyl adjacent to an activating group) is 2. The number of carbonyl (C=O) groups is 1. The van der Waals surface area contributed by atoms with Gasteiger partial charge < -0.3 is 15.1 Å². The van der Waals surface area contributed by atoms with E-state index in [9.17, 15) is 4.79 Å². The van der Waals surface area contributed by atoms with E-state index in [4.69, 9.17) is 4.99 Å². The highest BCUT2D eigenvalue weighted by molar-refractivity contribution is 14.0. The van der Waals surface area contributed by atoms with E-state index in [-0.39, 0.29) is 29.9 Å². The van der Waals surface area contributed by atoms with Gasteiger partial charge in [-0.1, -0.05) is 6.07 Å². The number of nitrogens with one attached hydrogen (secondary N) is 1. The zero-order valence-corrected chi connectivity index (χ0v) is 21.7. The minimum atomic E-state index is 0. The molecule has 1 aliphatic rings. The lowest BCUT2D eigenvalue weighted by Crippen LogP contribution is -2.46. The van der Waals surface area contributed by atoms with E-state index in [1.54, 1.807) is 0 Å². The molecule has 6 nitrogen and oxygen atoms in total.